The van der Waals surface area contributed by atoms with Crippen LogP contribution in [0.3, 0.4) is 0 Å². The van der Waals surface area contributed by atoms with Gasteiger partial charge in [0.25, 0.3) is 0 Å². The molecule has 1 heterocycles. The van der Waals surface area contributed by atoms with Gasteiger partial charge in [-0.2, -0.15) is 0 Å². The Balaban J connectivity index is 2.85. The van der Waals surface area contributed by atoms with Crippen LogP contribution in [0.1, 0.15) is 61.8 Å². The standard InChI is InChI=1S/C22H40O2Si/c1-11-18(3)20(24-25(9,10)21(5,6)7)19(4)15-17(2)13-12-14-22(8)16-23-22/h11-13,15,19-20H,14,16H2,1-10H3/b13-12+,17-15+,18-11+/t19-,20+,22+/m1/s1. The minimum absolute atomic E-state index is 0.0952. The molecule has 1 aliphatic heterocycles. The minimum atomic E-state index is -1.81. The Morgan fingerprint density at radius 1 is 1.28 bits per heavy atom. The molecular formula is C22H40O2Si. The van der Waals surface area contributed by atoms with Gasteiger partial charge < -0.3 is 9.16 Å². The van der Waals surface area contributed by atoms with Gasteiger partial charge in [-0.3, -0.25) is 0 Å². The zero-order chi connectivity index (χ0) is 19.5. The van der Waals surface area contributed by atoms with Crippen LogP contribution >= 0.6 is 0 Å². The van der Waals surface area contributed by atoms with Crippen LogP contribution in [0.5, 0.6) is 0 Å². The van der Waals surface area contributed by atoms with E-state index in [0.717, 1.165) is 13.0 Å². The Morgan fingerprint density at radius 3 is 2.28 bits per heavy atom. The summed E-state index contributed by atoms with van der Waals surface area (Å²) in [6.45, 7) is 23.4. The number of rotatable bonds is 8. The third kappa shape index (κ3) is 6.88. The average molecular weight is 365 g/mol. The predicted octanol–water partition coefficient (Wildman–Crippen LogP) is 6.66. The molecule has 0 aromatic rings. The van der Waals surface area contributed by atoms with E-state index in [1.807, 2.05) is 0 Å². The molecule has 0 bridgehead atoms. The van der Waals surface area contributed by atoms with Crippen molar-refractivity contribution in [1.29, 1.82) is 0 Å². The molecule has 1 rings (SSSR count). The minimum Gasteiger partial charge on any atom is -0.410 e. The summed E-state index contributed by atoms with van der Waals surface area (Å²) in [5.41, 5.74) is 2.71. The Hall–Kier alpha value is -0.643. The fourth-order valence-electron chi connectivity index (χ4n) is 2.57. The third-order valence-corrected chi connectivity index (χ3v) is 10.2. The summed E-state index contributed by atoms with van der Waals surface area (Å²) < 4.78 is 12.2. The number of allylic oxidation sites excluding steroid dienone is 3. The van der Waals surface area contributed by atoms with Crippen molar-refractivity contribution in [3.8, 4) is 0 Å². The molecule has 0 aliphatic carbocycles. The summed E-state index contributed by atoms with van der Waals surface area (Å²) in [6.07, 6.45) is 10.1. The van der Waals surface area contributed by atoms with Crippen molar-refractivity contribution in [2.45, 2.75) is 91.6 Å². The van der Waals surface area contributed by atoms with E-state index in [4.69, 9.17) is 9.16 Å². The van der Waals surface area contributed by atoms with Crippen molar-refractivity contribution in [3.05, 3.63) is 35.5 Å². The third-order valence-electron chi connectivity index (χ3n) is 5.70. The molecule has 0 spiro atoms. The molecule has 0 amide bonds. The van der Waals surface area contributed by atoms with Crippen molar-refractivity contribution in [2.24, 2.45) is 5.92 Å². The predicted molar refractivity (Wildman–Crippen MR) is 113 cm³/mol. The summed E-state index contributed by atoms with van der Waals surface area (Å²) in [5.74, 6) is 0.350. The number of hydrogen-bond donors (Lipinski definition) is 0. The fraction of sp³-hybridized carbons (Fsp3) is 0.727. The van der Waals surface area contributed by atoms with Crippen LogP contribution in [-0.2, 0) is 9.16 Å². The van der Waals surface area contributed by atoms with Gasteiger partial charge >= 0.3 is 0 Å². The second-order valence-corrected chi connectivity index (χ2v) is 14.2. The highest BCUT2D eigenvalue weighted by atomic mass is 28.4. The lowest BCUT2D eigenvalue weighted by Gasteiger charge is -2.41. The maximum absolute atomic E-state index is 6.77. The van der Waals surface area contributed by atoms with E-state index < -0.39 is 8.32 Å². The van der Waals surface area contributed by atoms with Gasteiger partial charge in [-0.1, -0.05) is 57.6 Å². The van der Waals surface area contributed by atoms with Gasteiger partial charge in [0.15, 0.2) is 8.32 Å². The van der Waals surface area contributed by atoms with E-state index in [-0.39, 0.29) is 16.7 Å². The van der Waals surface area contributed by atoms with Crippen LogP contribution in [0, 0.1) is 5.92 Å². The van der Waals surface area contributed by atoms with E-state index in [9.17, 15) is 0 Å². The second kappa shape index (κ2) is 8.37. The van der Waals surface area contributed by atoms with Gasteiger partial charge in [-0.25, -0.2) is 0 Å². The molecule has 1 fully saturated rings. The molecule has 1 saturated heterocycles. The van der Waals surface area contributed by atoms with E-state index in [1.165, 1.54) is 11.1 Å². The fourth-order valence-corrected chi connectivity index (χ4v) is 3.96. The molecule has 3 heteroatoms. The van der Waals surface area contributed by atoms with Crippen molar-refractivity contribution in [3.63, 3.8) is 0 Å². The molecule has 0 aromatic heterocycles. The van der Waals surface area contributed by atoms with Crippen LogP contribution in [0.25, 0.3) is 0 Å². The molecule has 144 valence electrons. The number of ether oxygens (including phenoxy) is 1. The Bertz CT molecular complexity index is 531. The highest BCUT2D eigenvalue weighted by molar-refractivity contribution is 6.74. The summed E-state index contributed by atoms with van der Waals surface area (Å²) in [5, 5.41) is 0.220. The van der Waals surface area contributed by atoms with Gasteiger partial charge in [0.2, 0.25) is 0 Å². The Morgan fingerprint density at radius 2 is 1.84 bits per heavy atom. The van der Waals surface area contributed by atoms with E-state index in [2.05, 4.69) is 92.8 Å². The quantitative estimate of drug-likeness (QED) is 0.208. The summed E-state index contributed by atoms with van der Waals surface area (Å²) in [7, 11) is -1.81. The van der Waals surface area contributed by atoms with Crippen LogP contribution in [0.4, 0.5) is 0 Å². The highest BCUT2D eigenvalue weighted by Gasteiger charge is 2.40. The topological polar surface area (TPSA) is 21.8 Å². The molecular weight excluding hydrogens is 324 g/mol. The van der Waals surface area contributed by atoms with Crippen LogP contribution in [0.15, 0.2) is 35.5 Å². The highest BCUT2D eigenvalue weighted by Crippen LogP contribution is 2.39. The molecule has 0 aromatic carbocycles. The van der Waals surface area contributed by atoms with E-state index >= 15 is 0 Å². The van der Waals surface area contributed by atoms with Gasteiger partial charge in [0.05, 0.1) is 18.3 Å². The van der Waals surface area contributed by atoms with E-state index in [1.54, 1.807) is 0 Å². The number of hydrogen-bond acceptors (Lipinski definition) is 2. The first-order valence-electron chi connectivity index (χ1n) is 9.61. The average Bonchev–Trinajstić information content (AvgIpc) is 3.20. The lowest BCUT2D eigenvalue weighted by Crippen LogP contribution is -2.45. The summed E-state index contributed by atoms with van der Waals surface area (Å²) in [6, 6.07) is 0. The van der Waals surface area contributed by atoms with Crippen molar-refractivity contribution < 1.29 is 9.16 Å². The molecule has 0 saturated carbocycles. The number of epoxide rings is 1. The second-order valence-electron chi connectivity index (χ2n) is 9.45. The Kier molecular flexibility index (Phi) is 7.49. The largest absolute Gasteiger partial charge is 0.410 e. The monoisotopic (exact) mass is 364 g/mol. The lowest BCUT2D eigenvalue weighted by molar-refractivity contribution is 0.178. The maximum Gasteiger partial charge on any atom is 0.192 e. The SMILES string of the molecule is C/C=C(\C)[C@H](O[Si](C)(C)C(C)(C)C)[C@H](C)/C=C(C)/C=C/C[C@@]1(C)CO1. The first-order chi connectivity index (χ1) is 11.3. The Labute approximate surface area is 157 Å². The zero-order valence-electron chi connectivity index (χ0n) is 18.2. The molecule has 2 nitrogen and oxygen atoms in total. The zero-order valence-corrected chi connectivity index (χ0v) is 19.2. The summed E-state index contributed by atoms with van der Waals surface area (Å²) in [4.78, 5) is 0. The van der Waals surface area contributed by atoms with Gasteiger partial charge in [0, 0.05) is 5.92 Å². The van der Waals surface area contributed by atoms with Gasteiger partial charge in [-0.05, 0) is 57.8 Å². The first-order valence-corrected chi connectivity index (χ1v) is 12.5. The summed E-state index contributed by atoms with van der Waals surface area (Å²) >= 11 is 0. The smallest absolute Gasteiger partial charge is 0.192 e. The lowest BCUT2D eigenvalue weighted by atomic mass is 9.96. The van der Waals surface area contributed by atoms with Crippen LogP contribution < -0.4 is 0 Å². The molecule has 0 N–H and O–H groups in total. The van der Waals surface area contributed by atoms with Crippen LogP contribution in [0.2, 0.25) is 18.1 Å². The normalized spacial score (nSPS) is 25.4. The molecule has 3 atom stereocenters. The molecule has 0 unspecified atom stereocenters. The van der Waals surface area contributed by atoms with Crippen molar-refractivity contribution >= 4 is 8.32 Å². The molecule has 1 aliphatic rings. The van der Waals surface area contributed by atoms with Crippen molar-refractivity contribution in [2.75, 3.05) is 6.61 Å². The van der Waals surface area contributed by atoms with Crippen LogP contribution in [-0.4, -0.2) is 26.6 Å². The molecule has 25 heavy (non-hydrogen) atoms. The molecule has 0 radical (unpaired) electrons. The van der Waals surface area contributed by atoms with Crippen molar-refractivity contribution in [1.82, 2.24) is 0 Å². The van der Waals surface area contributed by atoms with Gasteiger partial charge in [-0.15, -0.1) is 0 Å². The van der Waals surface area contributed by atoms with Gasteiger partial charge in [0.1, 0.15) is 0 Å². The maximum atomic E-state index is 6.77. The van der Waals surface area contributed by atoms with E-state index in [0.29, 0.717) is 5.92 Å². The first kappa shape index (κ1) is 22.4.